The molecule has 2 aromatic carbocycles. The first-order chi connectivity index (χ1) is 11.1. The van der Waals surface area contributed by atoms with Crippen LogP contribution in [0.3, 0.4) is 0 Å². The van der Waals surface area contributed by atoms with Crippen LogP contribution < -0.4 is 5.32 Å². The first-order valence-electron chi connectivity index (χ1n) is 6.64. The Balaban J connectivity index is 1.80. The van der Waals surface area contributed by atoms with E-state index < -0.39 is 11.9 Å². The van der Waals surface area contributed by atoms with Gasteiger partial charge in [0.1, 0.15) is 12.4 Å². The molecule has 2 rings (SSSR count). The number of hydrogen-bond donors (Lipinski definition) is 1. The van der Waals surface area contributed by atoms with E-state index >= 15 is 0 Å². The summed E-state index contributed by atoms with van der Waals surface area (Å²) in [7, 11) is 0. The van der Waals surface area contributed by atoms with Crippen LogP contribution in [-0.4, -0.2) is 12.6 Å². The Labute approximate surface area is 143 Å². The quantitative estimate of drug-likeness (QED) is 0.656. The Morgan fingerprint density at radius 1 is 1.22 bits per heavy atom. The number of alkyl carbamates (subject to hydrolysis) is 1. The molecule has 0 fully saturated rings. The third-order valence-electron chi connectivity index (χ3n) is 2.75. The van der Waals surface area contributed by atoms with Gasteiger partial charge in [-0.25, -0.2) is 9.18 Å². The number of carbonyl (C=O) groups is 1. The molecule has 2 aromatic rings. The lowest BCUT2D eigenvalue weighted by molar-refractivity contribution is 0.141. The molecule has 0 radical (unpaired) electrons. The van der Waals surface area contributed by atoms with Gasteiger partial charge in [0.2, 0.25) is 0 Å². The van der Waals surface area contributed by atoms with E-state index in [1.54, 1.807) is 0 Å². The average Bonchev–Trinajstić information content (AvgIpc) is 2.55. The molecule has 0 aliphatic rings. The Bertz CT molecular complexity index is 731. The fourth-order valence-corrected chi connectivity index (χ4v) is 1.98. The highest BCUT2D eigenvalue weighted by Gasteiger charge is 2.05. The van der Waals surface area contributed by atoms with E-state index in [0.29, 0.717) is 5.56 Å². The van der Waals surface area contributed by atoms with Gasteiger partial charge in [-0.15, -0.1) is 0 Å². The van der Waals surface area contributed by atoms with Gasteiger partial charge in [0.25, 0.3) is 0 Å². The summed E-state index contributed by atoms with van der Waals surface area (Å²) >= 11 is 11.4. The summed E-state index contributed by atoms with van der Waals surface area (Å²) in [5, 5.41) is 2.43. The minimum atomic E-state index is -0.640. The zero-order valence-corrected chi connectivity index (χ0v) is 13.4. The van der Waals surface area contributed by atoms with Gasteiger partial charge in [0.15, 0.2) is 0 Å². The van der Waals surface area contributed by atoms with Crippen LogP contribution in [-0.2, 0) is 11.3 Å². The lowest BCUT2D eigenvalue weighted by Crippen LogP contribution is -2.24. The molecule has 6 heteroatoms. The Kier molecular flexibility index (Phi) is 6.28. The maximum Gasteiger partial charge on any atom is 0.408 e. The van der Waals surface area contributed by atoms with Gasteiger partial charge in [-0.2, -0.15) is 0 Å². The Hall–Kier alpha value is -2.22. The Morgan fingerprint density at radius 3 is 2.65 bits per heavy atom. The lowest BCUT2D eigenvalue weighted by atomic mass is 10.2. The van der Waals surface area contributed by atoms with E-state index in [4.69, 9.17) is 27.9 Å². The molecule has 0 heterocycles. The number of amides is 1. The molecule has 0 aromatic heterocycles. The molecule has 0 atom stereocenters. The molecule has 0 unspecified atom stereocenters. The van der Waals surface area contributed by atoms with Crippen molar-refractivity contribution in [3.05, 3.63) is 69.5 Å². The summed E-state index contributed by atoms with van der Waals surface area (Å²) in [6.45, 7) is 0.244. The summed E-state index contributed by atoms with van der Waals surface area (Å²) in [6.07, 6.45) is -0.580. The van der Waals surface area contributed by atoms with Crippen LogP contribution in [0.4, 0.5) is 9.18 Å². The summed E-state index contributed by atoms with van der Waals surface area (Å²) in [4.78, 5) is 11.5. The van der Waals surface area contributed by atoms with E-state index in [0.717, 1.165) is 5.56 Å². The molecule has 0 saturated heterocycles. The second-order valence-corrected chi connectivity index (χ2v) is 5.26. The minimum Gasteiger partial charge on any atom is -0.445 e. The largest absolute Gasteiger partial charge is 0.445 e. The summed E-state index contributed by atoms with van der Waals surface area (Å²) in [5.74, 6) is 4.71. The third-order valence-corrected chi connectivity index (χ3v) is 3.53. The van der Waals surface area contributed by atoms with Crippen molar-refractivity contribution in [2.24, 2.45) is 0 Å². The van der Waals surface area contributed by atoms with Gasteiger partial charge < -0.3 is 10.1 Å². The van der Waals surface area contributed by atoms with Crippen LogP contribution in [0.5, 0.6) is 0 Å². The fourth-order valence-electron chi connectivity index (χ4n) is 1.66. The van der Waals surface area contributed by atoms with E-state index in [1.807, 2.05) is 30.3 Å². The number of hydrogen-bond acceptors (Lipinski definition) is 2. The van der Waals surface area contributed by atoms with Gasteiger partial charge in [-0.3, -0.25) is 0 Å². The maximum absolute atomic E-state index is 13.4. The molecule has 0 aliphatic heterocycles. The number of benzene rings is 2. The van der Waals surface area contributed by atoms with Crippen molar-refractivity contribution < 1.29 is 13.9 Å². The van der Waals surface area contributed by atoms with Crippen molar-refractivity contribution in [1.29, 1.82) is 0 Å². The zero-order valence-electron chi connectivity index (χ0n) is 11.9. The topological polar surface area (TPSA) is 38.3 Å². The molecule has 0 spiro atoms. The molecule has 118 valence electrons. The van der Waals surface area contributed by atoms with Gasteiger partial charge in [-0.1, -0.05) is 65.4 Å². The fraction of sp³-hybridized carbons (Fsp3) is 0.118. The monoisotopic (exact) mass is 351 g/mol. The van der Waals surface area contributed by atoms with E-state index in [2.05, 4.69) is 17.2 Å². The summed E-state index contributed by atoms with van der Waals surface area (Å²) in [6, 6.07) is 11.9. The second-order valence-electron chi connectivity index (χ2n) is 4.47. The van der Waals surface area contributed by atoms with Crippen molar-refractivity contribution in [3.8, 4) is 11.8 Å². The van der Waals surface area contributed by atoms with Crippen LogP contribution in [0.25, 0.3) is 0 Å². The highest BCUT2D eigenvalue weighted by atomic mass is 35.5. The molecular weight excluding hydrogens is 340 g/mol. The molecule has 0 bridgehead atoms. The first kappa shape index (κ1) is 17.1. The normalized spacial score (nSPS) is 9.70. The molecule has 0 saturated carbocycles. The zero-order chi connectivity index (χ0) is 16.7. The Morgan fingerprint density at radius 2 is 1.96 bits per heavy atom. The van der Waals surface area contributed by atoms with Crippen molar-refractivity contribution in [1.82, 2.24) is 5.32 Å². The van der Waals surface area contributed by atoms with Crippen molar-refractivity contribution >= 4 is 29.3 Å². The van der Waals surface area contributed by atoms with Crippen molar-refractivity contribution in [3.63, 3.8) is 0 Å². The number of halogens is 3. The second kappa shape index (κ2) is 8.42. The van der Waals surface area contributed by atoms with E-state index in [9.17, 15) is 9.18 Å². The molecule has 0 aliphatic carbocycles. The highest BCUT2D eigenvalue weighted by Crippen LogP contribution is 2.25. The van der Waals surface area contributed by atoms with Crippen LogP contribution in [0.15, 0.2) is 42.5 Å². The van der Waals surface area contributed by atoms with Gasteiger partial charge in [-0.05, 0) is 17.7 Å². The highest BCUT2D eigenvalue weighted by molar-refractivity contribution is 6.42. The molecule has 1 N–H and O–H groups in total. The predicted molar refractivity (Wildman–Crippen MR) is 87.9 cm³/mol. The minimum absolute atomic E-state index is 0.0650. The van der Waals surface area contributed by atoms with Crippen LogP contribution >= 0.6 is 23.2 Å². The van der Waals surface area contributed by atoms with Crippen LogP contribution in [0.1, 0.15) is 11.1 Å². The SMILES string of the molecule is O=C(NCC#Cc1cc(F)c(Cl)c(Cl)c1)OCc1ccccc1. The summed E-state index contributed by atoms with van der Waals surface area (Å²) < 4.78 is 18.4. The average molecular weight is 352 g/mol. The van der Waals surface area contributed by atoms with Gasteiger partial charge >= 0.3 is 6.09 Å². The summed E-state index contributed by atoms with van der Waals surface area (Å²) in [5.41, 5.74) is 1.26. The number of nitrogens with one attached hydrogen (secondary N) is 1. The van der Waals surface area contributed by atoms with E-state index in [1.165, 1.54) is 12.1 Å². The molecule has 23 heavy (non-hydrogen) atoms. The number of ether oxygens (including phenoxy) is 1. The number of carbonyl (C=O) groups excluding carboxylic acids is 1. The lowest BCUT2D eigenvalue weighted by Gasteiger charge is -2.04. The van der Waals surface area contributed by atoms with Gasteiger partial charge in [0.05, 0.1) is 16.6 Å². The molecule has 1 amide bonds. The first-order valence-corrected chi connectivity index (χ1v) is 7.40. The van der Waals surface area contributed by atoms with E-state index in [-0.39, 0.29) is 23.2 Å². The van der Waals surface area contributed by atoms with Gasteiger partial charge in [0, 0.05) is 5.56 Å². The smallest absolute Gasteiger partial charge is 0.408 e. The maximum atomic E-state index is 13.4. The molecule has 3 nitrogen and oxygen atoms in total. The van der Waals surface area contributed by atoms with Crippen molar-refractivity contribution in [2.75, 3.05) is 6.54 Å². The standard InChI is InChI=1S/C17H12Cl2FNO2/c18-14-9-13(10-15(20)16(14)19)7-4-8-21-17(22)23-11-12-5-2-1-3-6-12/h1-3,5-6,9-10H,8,11H2,(H,21,22). The van der Waals surface area contributed by atoms with Crippen LogP contribution in [0, 0.1) is 17.7 Å². The third kappa shape index (κ3) is 5.48. The predicted octanol–water partition coefficient (Wildman–Crippen LogP) is 4.41. The van der Waals surface area contributed by atoms with Crippen molar-refractivity contribution in [2.45, 2.75) is 6.61 Å². The van der Waals surface area contributed by atoms with Crippen LogP contribution in [0.2, 0.25) is 10.0 Å². The number of rotatable bonds is 3. The molecular formula is C17H12Cl2FNO2.